The molecule has 2 atom stereocenters. The van der Waals surface area contributed by atoms with Gasteiger partial charge in [-0.15, -0.1) is 11.3 Å². The predicted octanol–water partition coefficient (Wildman–Crippen LogP) is 5.17. The van der Waals surface area contributed by atoms with Crippen molar-refractivity contribution < 1.29 is 4.21 Å². The molecule has 1 N–H and O–H groups in total. The first-order valence-electron chi connectivity index (χ1n) is 9.58. The largest absolute Gasteiger partial charge is 0.349 e. The van der Waals surface area contributed by atoms with E-state index in [1.54, 1.807) is 6.20 Å². The highest BCUT2D eigenvalue weighted by Gasteiger charge is 2.28. The molecular weight excluding hydrogens is 400 g/mol. The van der Waals surface area contributed by atoms with Gasteiger partial charge < -0.3 is 4.90 Å². The predicted molar refractivity (Wildman–Crippen MR) is 120 cm³/mol. The molecule has 0 spiro atoms. The smallest absolute Gasteiger partial charge is 0.194 e. The Kier molecular flexibility index (Phi) is 4.99. The molecule has 146 valence electrons. The Morgan fingerprint density at radius 3 is 2.79 bits per heavy atom. The highest BCUT2D eigenvalue weighted by atomic mass is 32.2. The van der Waals surface area contributed by atoms with Crippen LogP contribution >= 0.6 is 11.3 Å². The van der Waals surface area contributed by atoms with Crippen LogP contribution in [-0.4, -0.2) is 20.7 Å². The van der Waals surface area contributed by atoms with E-state index in [0.717, 1.165) is 40.9 Å². The maximum absolute atomic E-state index is 12.7. The zero-order valence-corrected chi connectivity index (χ0v) is 17.3. The lowest BCUT2D eigenvalue weighted by molar-refractivity contribution is 0.686. The Balaban J connectivity index is 1.48. The molecule has 0 saturated carbocycles. The Morgan fingerprint density at radius 1 is 1.07 bits per heavy atom. The lowest BCUT2D eigenvalue weighted by Gasteiger charge is -2.27. The van der Waals surface area contributed by atoms with Gasteiger partial charge in [-0.2, -0.15) is 0 Å². The minimum absolute atomic E-state index is 0.342. The van der Waals surface area contributed by atoms with Gasteiger partial charge in [-0.3, -0.25) is 4.72 Å². The SMILES string of the molecule is O=S(Nc1nccs1)c1ccc2c(N3CCCC3c3ccccc3)nccc2c1. The van der Waals surface area contributed by atoms with E-state index in [9.17, 15) is 4.21 Å². The summed E-state index contributed by atoms with van der Waals surface area (Å²) in [5.41, 5.74) is 1.33. The first kappa shape index (κ1) is 18.3. The minimum atomic E-state index is -1.35. The number of rotatable bonds is 5. The number of hydrogen-bond acceptors (Lipinski definition) is 5. The fourth-order valence-electron chi connectivity index (χ4n) is 3.94. The van der Waals surface area contributed by atoms with E-state index in [2.05, 4.69) is 44.9 Å². The van der Waals surface area contributed by atoms with Crippen LogP contribution in [0.2, 0.25) is 0 Å². The molecule has 1 fully saturated rings. The summed E-state index contributed by atoms with van der Waals surface area (Å²) in [4.78, 5) is 12.0. The van der Waals surface area contributed by atoms with Crippen molar-refractivity contribution in [2.24, 2.45) is 0 Å². The van der Waals surface area contributed by atoms with Crippen molar-refractivity contribution in [1.29, 1.82) is 0 Å². The molecule has 0 aliphatic carbocycles. The molecule has 3 heterocycles. The molecule has 5 rings (SSSR count). The molecular formula is C22H20N4OS2. The van der Waals surface area contributed by atoms with Crippen molar-refractivity contribution >= 4 is 44.0 Å². The summed E-state index contributed by atoms with van der Waals surface area (Å²) >= 11 is 1.43. The lowest BCUT2D eigenvalue weighted by Crippen LogP contribution is -2.23. The van der Waals surface area contributed by atoms with E-state index >= 15 is 0 Å². The van der Waals surface area contributed by atoms with E-state index in [1.807, 2.05) is 35.8 Å². The number of nitrogens with zero attached hydrogens (tertiary/aromatic N) is 3. The second-order valence-electron chi connectivity index (χ2n) is 6.99. The van der Waals surface area contributed by atoms with Gasteiger partial charge in [-0.05, 0) is 48.1 Å². The number of hydrogen-bond donors (Lipinski definition) is 1. The fourth-order valence-corrected chi connectivity index (χ4v) is 5.48. The van der Waals surface area contributed by atoms with E-state index < -0.39 is 11.0 Å². The van der Waals surface area contributed by atoms with E-state index in [0.29, 0.717) is 11.2 Å². The Morgan fingerprint density at radius 2 is 1.97 bits per heavy atom. The maximum Gasteiger partial charge on any atom is 0.194 e. The van der Waals surface area contributed by atoms with Crippen LogP contribution in [0.3, 0.4) is 0 Å². The third-order valence-corrected chi connectivity index (χ3v) is 7.13. The van der Waals surface area contributed by atoms with Gasteiger partial charge in [0.25, 0.3) is 0 Å². The summed E-state index contributed by atoms with van der Waals surface area (Å²) in [6, 6.07) is 18.9. The standard InChI is InChI=1S/C22H20N4OS2/c27-29(25-22-24-12-14-28-22)18-8-9-19-17(15-18)10-11-23-21(19)26-13-4-7-20(26)16-5-2-1-3-6-16/h1-3,5-6,8-12,14-15,20H,4,7,13H2,(H,24,25). The molecule has 2 unspecified atom stereocenters. The zero-order valence-electron chi connectivity index (χ0n) is 15.7. The van der Waals surface area contributed by atoms with Crippen LogP contribution in [0.15, 0.2) is 77.3 Å². The number of benzene rings is 2. The summed E-state index contributed by atoms with van der Waals surface area (Å²) in [5, 5.41) is 4.64. The zero-order chi connectivity index (χ0) is 19.6. The number of nitrogens with one attached hydrogen (secondary N) is 1. The van der Waals surface area contributed by atoms with Crippen LogP contribution in [-0.2, 0) is 11.0 Å². The maximum atomic E-state index is 12.7. The third kappa shape index (κ3) is 3.63. The topological polar surface area (TPSA) is 58.1 Å². The van der Waals surface area contributed by atoms with E-state index in [-0.39, 0.29) is 0 Å². The molecule has 4 aromatic rings. The van der Waals surface area contributed by atoms with Gasteiger partial charge in [0.05, 0.1) is 10.9 Å². The summed E-state index contributed by atoms with van der Waals surface area (Å²) in [5.74, 6) is 0.999. The first-order valence-corrected chi connectivity index (χ1v) is 11.6. The van der Waals surface area contributed by atoms with Crippen LogP contribution in [0, 0.1) is 0 Å². The number of fused-ring (bicyclic) bond motifs is 1. The average Bonchev–Trinajstić information content (AvgIpc) is 3.45. The molecule has 7 heteroatoms. The monoisotopic (exact) mass is 420 g/mol. The summed E-state index contributed by atoms with van der Waals surface area (Å²) < 4.78 is 15.6. The number of thiazole rings is 1. The summed E-state index contributed by atoms with van der Waals surface area (Å²) in [7, 11) is -1.35. The second-order valence-corrected chi connectivity index (χ2v) is 9.10. The third-order valence-electron chi connectivity index (χ3n) is 5.25. The highest BCUT2D eigenvalue weighted by Crippen LogP contribution is 2.38. The molecule has 2 aromatic heterocycles. The van der Waals surface area contributed by atoms with Crippen molar-refractivity contribution in [2.45, 2.75) is 23.8 Å². The van der Waals surface area contributed by atoms with Gasteiger partial charge >= 0.3 is 0 Å². The van der Waals surface area contributed by atoms with Crippen molar-refractivity contribution in [3.05, 3.63) is 77.9 Å². The van der Waals surface area contributed by atoms with Crippen molar-refractivity contribution in [3.63, 3.8) is 0 Å². The molecule has 1 saturated heterocycles. The van der Waals surface area contributed by atoms with Crippen LogP contribution in [0.4, 0.5) is 10.9 Å². The van der Waals surface area contributed by atoms with Crippen LogP contribution in [0.5, 0.6) is 0 Å². The lowest BCUT2D eigenvalue weighted by atomic mass is 10.0. The fraction of sp³-hybridized carbons (Fsp3) is 0.182. The molecule has 29 heavy (non-hydrogen) atoms. The van der Waals surface area contributed by atoms with Crippen molar-refractivity contribution in [2.75, 3.05) is 16.2 Å². The van der Waals surface area contributed by atoms with Crippen LogP contribution in [0.25, 0.3) is 10.8 Å². The van der Waals surface area contributed by atoms with E-state index in [1.165, 1.54) is 16.9 Å². The normalized spacial score (nSPS) is 17.5. The summed E-state index contributed by atoms with van der Waals surface area (Å²) in [6.07, 6.45) is 5.82. The van der Waals surface area contributed by atoms with Crippen molar-refractivity contribution in [1.82, 2.24) is 9.97 Å². The highest BCUT2D eigenvalue weighted by molar-refractivity contribution is 7.86. The van der Waals surface area contributed by atoms with Gasteiger partial charge in [0, 0.05) is 29.7 Å². The van der Waals surface area contributed by atoms with Crippen molar-refractivity contribution in [3.8, 4) is 0 Å². The molecule has 0 amide bonds. The average molecular weight is 421 g/mol. The number of pyridine rings is 1. The van der Waals surface area contributed by atoms with Gasteiger partial charge in [0.1, 0.15) is 5.82 Å². The molecule has 1 aliphatic heterocycles. The summed E-state index contributed by atoms with van der Waals surface area (Å²) in [6.45, 7) is 0.991. The second kappa shape index (κ2) is 7.93. The van der Waals surface area contributed by atoms with E-state index in [4.69, 9.17) is 4.98 Å². The first-order chi connectivity index (χ1) is 14.3. The minimum Gasteiger partial charge on any atom is -0.349 e. The Labute approximate surface area is 176 Å². The van der Waals surface area contributed by atoms with Gasteiger partial charge in [0.2, 0.25) is 0 Å². The molecule has 5 nitrogen and oxygen atoms in total. The molecule has 1 aliphatic rings. The quantitative estimate of drug-likeness (QED) is 0.484. The van der Waals surface area contributed by atoms with Gasteiger partial charge in [-0.1, -0.05) is 30.3 Å². The van der Waals surface area contributed by atoms with Gasteiger partial charge in [0.15, 0.2) is 16.1 Å². The molecule has 2 aromatic carbocycles. The Hall–Kier alpha value is -2.77. The Bertz CT molecular complexity index is 1150. The molecule has 0 radical (unpaired) electrons. The number of anilines is 2. The number of aromatic nitrogens is 2. The van der Waals surface area contributed by atoms with Gasteiger partial charge in [-0.25, -0.2) is 14.2 Å². The van der Waals surface area contributed by atoms with Crippen LogP contribution in [0.1, 0.15) is 24.4 Å². The molecule has 0 bridgehead atoms. The van der Waals surface area contributed by atoms with Crippen LogP contribution < -0.4 is 9.62 Å².